The maximum Gasteiger partial charge on any atom is 0.461 e. The summed E-state index contributed by atoms with van der Waals surface area (Å²) in [5.74, 6) is -4.43. The molecule has 1 atom stereocenters. The van der Waals surface area contributed by atoms with Gasteiger partial charge in [-0.3, -0.25) is 0 Å². The second kappa shape index (κ2) is 7.19. The van der Waals surface area contributed by atoms with Crippen LogP contribution in [0.2, 0.25) is 0 Å². The van der Waals surface area contributed by atoms with Crippen LogP contribution in [-0.4, -0.2) is 30.2 Å². The third kappa shape index (κ3) is 4.94. The van der Waals surface area contributed by atoms with Crippen molar-refractivity contribution in [3.8, 4) is 5.75 Å². The van der Waals surface area contributed by atoms with E-state index in [1.54, 1.807) is 0 Å². The van der Waals surface area contributed by atoms with E-state index in [1.807, 2.05) is 0 Å². The van der Waals surface area contributed by atoms with E-state index < -0.39 is 36.9 Å². The highest BCUT2D eigenvalue weighted by molar-refractivity contribution is 5.85. The SMILES string of the molecule is Cl.N[C@@H](c1cccc(OC(F)(F)C(F)F)c1)C(F)(F)CO. The van der Waals surface area contributed by atoms with E-state index >= 15 is 0 Å². The summed E-state index contributed by atoms with van der Waals surface area (Å²) in [5.41, 5.74) is 4.83. The van der Waals surface area contributed by atoms with E-state index in [4.69, 9.17) is 10.8 Å². The lowest BCUT2D eigenvalue weighted by atomic mass is 10.0. The monoisotopic (exact) mass is 339 g/mol. The number of alkyl halides is 6. The number of hydrogen-bond acceptors (Lipinski definition) is 3. The molecule has 0 heterocycles. The number of ether oxygens (including phenoxy) is 1. The summed E-state index contributed by atoms with van der Waals surface area (Å²) in [6.07, 6.45) is -8.82. The maximum absolute atomic E-state index is 13.1. The third-order valence-electron chi connectivity index (χ3n) is 2.39. The lowest BCUT2D eigenvalue weighted by molar-refractivity contribution is -0.253. The highest BCUT2D eigenvalue weighted by atomic mass is 35.5. The van der Waals surface area contributed by atoms with Gasteiger partial charge in [0.25, 0.3) is 5.92 Å². The standard InChI is InChI=1S/C11H11F6NO2.ClH/c12-9(13)11(16,17)20-7-3-1-2-6(4-7)8(18)10(14,15)5-19;/h1-4,8-9,19H,5,18H2;1H/t8-;/m0./s1. The molecule has 0 fully saturated rings. The quantitative estimate of drug-likeness (QED) is 0.783. The molecule has 0 aliphatic rings. The molecule has 0 radical (unpaired) electrons. The summed E-state index contributed by atoms with van der Waals surface area (Å²) >= 11 is 0. The summed E-state index contributed by atoms with van der Waals surface area (Å²) in [6, 6.07) is 1.70. The van der Waals surface area contributed by atoms with Gasteiger partial charge in [0.2, 0.25) is 0 Å². The van der Waals surface area contributed by atoms with Gasteiger partial charge in [0.1, 0.15) is 12.4 Å². The Morgan fingerprint density at radius 2 is 1.76 bits per heavy atom. The highest BCUT2D eigenvalue weighted by Crippen LogP contribution is 2.32. The second-order valence-electron chi connectivity index (χ2n) is 3.93. The van der Waals surface area contributed by atoms with Crippen molar-refractivity contribution in [3.63, 3.8) is 0 Å². The Kier molecular flexibility index (Phi) is 6.78. The van der Waals surface area contributed by atoms with Crippen molar-refractivity contribution >= 4 is 12.4 Å². The molecule has 0 unspecified atom stereocenters. The fourth-order valence-corrected chi connectivity index (χ4v) is 1.32. The van der Waals surface area contributed by atoms with E-state index in [-0.39, 0.29) is 18.0 Å². The minimum absolute atomic E-state index is 0. The lowest BCUT2D eigenvalue weighted by Gasteiger charge is -2.23. The molecule has 1 aromatic rings. The summed E-state index contributed by atoms with van der Waals surface area (Å²) in [5, 5.41) is 8.47. The van der Waals surface area contributed by atoms with Gasteiger partial charge >= 0.3 is 12.5 Å². The first-order chi connectivity index (χ1) is 9.10. The molecule has 0 spiro atoms. The number of benzene rings is 1. The minimum Gasteiger partial charge on any atom is -0.428 e. The van der Waals surface area contributed by atoms with Crippen LogP contribution in [0, 0.1) is 0 Å². The van der Waals surface area contributed by atoms with Crippen molar-refractivity contribution in [1.82, 2.24) is 0 Å². The summed E-state index contributed by atoms with van der Waals surface area (Å²) < 4.78 is 79.3. The van der Waals surface area contributed by atoms with E-state index in [2.05, 4.69) is 4.74 Å². The largest absolute Gasteiger partial charge is 0.461 e. The molecular formula is C11H12ClF6NO2. The molecule has 0 aromatic heterocycles. The Morgan fingerprint density at radius 1 is 1.19 bits per heavy atom. The van der Waals surface area contributed by atoms with Crippen LogP contribution in [0.3, 0.4) is 0 Å². The molecule has 0 aliphatic heterocycles. The third-order valence-corrected chi connectivity index (χ3v) is 2.39. The van der Waals surface area contributed by atoms with E-state index in [0.29, 0.717) is 6.07 Å². The van der Waals surface area contributed by atoms with Crippen LogP contribution in [0.5, 0.6) is 5.75 Å². The van der Waals surface area contributed by atoms with Gasteiger partial charge in [-0.15, -0.1) is 12.4 Å². The van der Waals surface area contributed by atoms with E-state index in [1.165, 1.54) is 0 Å². The molecule has 0 saturated carbocycles. The number of aliphatic hydroxyl groups excluding tert-OH is 1. The van der Waals surface area contributed by atoms with Gasteiger partial charge in [-0.25, -0.2) is 8.78 Å². The first-order valence-corrected chi connectivity index (χ1v) is 5.29. The van der Waals surface area contributed by atoms with Crippen LogP contribution in [0.4, 0.5) is 26.3 Å². The fraction of sp³-hybridized carbons (Fsp3) is 0.455. The molecule has 21 heavy (non-hydrogen) atoms. The van der Waals surface area contributed by atoms with Gasteiger partial charge < -0.3 is 15.6 Å². The van der Waals surface area contributed by atoms with Gasteiger partial charge in [0.15, 0.2) is 0 Å². The van der Waals surface area contributed by atoms with Crippen LogP contribution in [0.25, 0.3) is 0 Å². The molecule has 0 bridgehead atoms. The molecule has 1 rings (SSSR count). The Morgan fingerprint density at radius 3 is 2.24 bits per heavy atom. The Bertz CT molecular complexity index is 460. The lowest BCUT2D eigenvalue weighted by Crippen LogP contribution is -2.36. The van der Waals surface area contributed by atoms with Crippen LogP contribution >= 0.6 is 12.4 Å². The second-order valence-corrected chi connectivity index (χ2v) is 3.93. The number of aliphatic hydroxyl groups is 1. The predicted octanol–water partition coefficient (Wildman–Crippen LogP) is 2.97. The maximum atomic E-state index is 13.1. The summed E-state index contributed by atoms with van der Waals surface area (Å²) in [6.45, 7) is -1.55. The Balaban J connectivity index is 0.00000400. The average molecular weight is 340 g/mol. The average Bonchev–Trinajstić information content (AvgIpc) is 2.37. The van der Waals surface area contributed by atoms with Crippen LogP contribution in [0.15, 0.2) is 24.3 Å². The molecule has 1 aromatic carbocycles. The van der Waals surface area contributed by atoms with Crippen LogP contribution in [0.1, 0.15) is 11.6 Å². The van der Waals surface area contributed by atoms with Crippen molar-refractivity contribution in [2.75, 3.05) is 6.61 Å². The van der Waals surface area contributed by atoms with Gasteiger partial charge in [0, 0.05) is 0 Å². The smallest absolute Gasteiger partial charge is 0.428 e. The number of hydrogen-bond donors (Lipinski definition) is 2. The van der Waals surface area contributed by atoms with Crippen LogP contribution < -0.4 is 10.5 Å². The zero-order chi connectivity index (χ0) is 15.6. The zero-order valence-electron chi connectivity index (χ0n) is 10.3. The van der Waals surface area contributed by atoms with Gasteiger partial charge in [-0.2, -0.15) is 17.6 Å². The van der Waals surface area contributed by atoms with Gasteiger partial charge in [-0.05, 0) is 17.7 Å². The van der Waals surface area contributed by atoms with Crippen molar-refractivity contribution in [2.45, 2.75) is 24.5 Å². The molecule has 3 nitrogen and oxygen atoms in total. The van der Waals surface area contributed by atoms with E-state index in [0.717, 1.165) is 18.2 Å². The fourth-order valence-electron chi connectivity index (χ4n) is 1.32. The van der Waals surface area contributed by atoms with Crippen molar-refractivity contribution in [1.29, 1.82) is 0 Å². The van der Waals surface area contributed by atoms with Gasteiger partial charge in [0.05, 0.1) is 6.04 Å². The van der Waals surface area contributed by atoms with E-state index in [9.17, 15) is 26.3 Å². The number of halogens is 7. The zero-order valence-corrected chi connectivity index (χ0v) is 11.1. The minimum atomic E-state index is -4.75. The summed E-state index contributed by atoms with van der Waals surface area (Å²) in [7, 11) is 0. The van der Waals surface area contributed by atoms with Crippen LogP contribution in [-0.2, 0) is 0 Å². The van der Waals surface area contributed by atoms with Crippen molar-refractivity contribution < 1.29 is 36.2 Å². The normalized spacial score (nSPS) is 13.8. The molecule has 0 saturated heterocycles. The molecule has 10 heteroatoms. The first-order valence-electron chi connectivity index (χ1n) is 5.29. The van der Waals surface area contributed by atoms with Crippen molar-refractivity contribution in [3.05, 3.63) is 29.8 Å². The Labute approximate surface area is 122 Å². The highest BCUT2D eigenvalue weighted by Gasteiger charge is 2.44. The summed E-state index contributed by atoms with van der Waals surface area (Å²) in [4.78, 5) is 0. The Hall–Kier alpha value is -1.19. The number of nitrogens with two attached hydrogens (primary N) is 1. The first kappa shape index (κ1) is 19.8. The molecule has 3 N–H and O–H groups in total. The molecule has 0 aliphatic carbocycles. The van der Waals surface area contributed by atoms with Gasteiger partial charge in [-0.1, -0.05) is 12.1 Å². The van der Waals surface area contributed by atoms with Crippen molar-refractivity contribution in [2.24, 2.45) is 5.73 Å². The topological polar surface area (TPSA) is 55.5 Å². The molecular weight excluding hydrogens is 328 g/mol. The molecule has 122 valence electrons. The number of rotatable bonds is 6. The predicted molar refractivity (Wildman–Crippen MR) is 64.2 cm³/mol. The molecule has 0 amide bonds.